The largest absolute Gasteiger partial charge is 0.481 e. The van der Waals surface area contributed by atoms with Crippen LogP contribution in [0.2, 0.25) is 0 Å². The van der Waals surface area contributed by atoms with E-state index in [1.807, 2.05) is 32.0 Å². The van der Waals surface area contributed by atoms with Crippen molar-refractivity contribution in [1.82, 2.24) is 9.80 Å². The highest BCUT2D eigenvalue weighted by atomic mass is 16.5. The van der Waals surface area contributed by atoms with Gasteiger partial charge in [-0.25, -0.2) is 0 Å². The molecule has 184 valence electrons. The van der Waals surface area contributed by atoms with E-state index in [1.165, 1.54) is 4.90 Å². The summed E-state index contributed by atoms with van der Waals surface area (Å²) in [5.41, 5.74) is -0.527. The smallest absolute Gasteiger partial charge is 0.310 e. The molecule has 3 fully saturated rings. The van der Waals surface area contributed by atoms with E-state index < -0.39 is 54.1 Å². The number of aliphatic hydroxyl groups excluding tert-OH is 1. The lowest BCUT2D eigenvalue weighted by atomic mass is 9.70. The molecule has 3 aliphatic heterocycles. The number of fused-ring (bicyclic) bond motifs is 1. The Kier molecular flexibility index (Phi) is 6.82. The minimum Gasteiger partial charge on any atom is -0.481 e. The van der Waals surface area contributed by atoms with E-state index in [9.17, 15) is 24.6 Å². The van der Waals surface area contributed by atoms with Gasteiger partial charge in [0.25, 0.3) is 0 Å². The van der Waals surface area contributed by atoms with E-state index in [-0.39, 0.29) is 11.9 Å². The van der Waals surface area contributed by atoms with Gasteiger partial charge in [0, 0.05) is 12.6 Å². The third kappa shape index (κ3) is 3.64. The zero-order chi connectivity index (χ0) is 24.6. The number of nitrogens with zero attached hydrogens (tertiary/aromatic N) is 2. The predicted molar refractivity (Wildman–Crippen MR) is 125 cm³/mol. The summed E-state index contributed by atoms with van der Waals surface area (Å²) in [5.74, 6) is -3.75. The maximum atomic E-state index is 14.2. The molecule has 0 radical (unpaired) electrons. The Bertz CT molecular complexity index is 952. The second-order valence-corrected chi connectivity index (χ2v) is 9.67. The van der Waals surface area contributed by atoms with E-state index in [2.05, 4.69) is 6.58 Å². The SMILES string of the molecule is C=CCN(C(=O)C1N([C@H](CO)c2ccccc2)C(=O)[C@@H]2[C@@H](C(=O)O)[C@H]3CCC12O3)C(C)CCC. The van der Waals surface area contributed by atoms with Gasteiger partial charge in [0.1, 0.15) is 11.6 Å². The number of ether oxygens (including phenoxy) is 1. The van der Waals surface area contributed by atoms with Crippen molar-refractivity contribution >= 4 is 17.8 Å². The first-order valence-corrected chi connectivity index (χ1v) is 12.1. The van der Waals surface area contributed by atoms with Crippen molar-refractivity contribution in [2.75, 3.05) is 13.2 Å². The first-order chi connectivity index (χ1) is 16.3. The Morgan fingerprint density at radius 3 is 2.65 bits per heavy atom. The van der Waals surface area contributed by atoms with Crippen LogP contribution in [0.25, 0.3) is 0 Å². The number of likely N-dealkylation sites (tertiary alicyclic amines) is 1. The van der Waals surface area contributed by atoms with Gasteiger partial charge in [-0.3, -0.25) is 14.4 Å². The number of aliphatic hydroxyl groups is 1. The summed E-state index contributed by atoms with van der Waals surface area (Å²) in [6, 6.07) is 7.16. The van der Waals surface area contributed by atoms with Gasteiger partial charge < -0.3 is 24.7 Å². The highest BCUT2D eigenvalue weighted by Crippen LogP contribution is 2.59. The van der Waals surface area contributed by atoms with Crippen molar-refractivity contribution in [2.24, 2.45) is 11.8 Å². The first kappa shape index (κ1) is 24.4. The number of carbonyl (C=O) groups excluding carboxylic acids is 2. The van der Waals surface area contributed by atoms with Crippen LogP contribution in [0.3, 0.4) is 0 Å². The van der Waals surface area contributed by atoms with Gasteiger partial charge in [-0.15, -0.1) is 6.58 Å². The van der Waals surface area contributed by atoms with E-state index in [1.54, 1.807) is 23.1 Å². The van der Waals surface area contributed by atoms with Crippen LogP contribution in [0, 0.1) is 11.8 Å². The lowest BCUT2D eigenvalue weighted by Gasteiger charge is -2.41. The second kappa shape index (κ2) is 9.50. The molecule has 3 heterocycles. The van der Waals surface area contributed by atoms with Crippen LogP contribution in [0.4, 0.5) is 0 Å². The van der Waals surface area contributed by atoms with Gasteiger partial charge in [0.2, 0.25) is 11.8 Å². The average Bonchev–Trinajstić information content (AvgIpc) is 3.46. The Morgan fingerprint density at radius 2 is 2.06 bits per heavy atom. The molecule has 1 aromatic carbocycles. The van der Waals surface area contributed by atoms with Crippen molar-refractivity contribution in [2.45, 2.75) is 69.4 Å². The van der Waals surface area contributed by atoms with Gasteiger partial charge in [-0.05, 0) is 31.7 Å². The van der Waals surface area contributed by atoms with Gasteiger partial charge >= 0.3 is 5.97 Å². The molecule has 7 atom stereocenters. The van der Waals surface area contributed by atoms with E-state index in [4.69, 9.17) is 4.74 Å². The summed E-state index contributed by atoms with van der Waals surface area (Å²) in [6.07, 6.45) is 3.65. The summed E-state index contributed by atoms with van der Waals surface area (Å²) in [6.45, 7) is 7.73. The van der Waals surface area contributed by atoms with E-state index in [0.29, 0.717) is 24.9 Å². The Labute approximate surface area is 200 Å². The number of aliphatic carboxylic acids is 1. The molecule has 8 heteroatoms. The molecule has 1 aromatic rings. The Morgan fingerprint density at radius 1 is 1.35 bits per heavy atom. The van der Waals surface area contributed by atoms with Crippen LogP contribution in [-0.2, 0) is 19.1 Å². The number of carboxylic acids is 1. The van der Waals surface area contributed by atoms with Crippen LogP contribution in [-0.4, -0.2) is 74.7 Å². The number of rotatable bonds is 10. The van der Waals surface area contributed by atoms with E-state index in [0.717, 1.165) is 12.8 Å². The molecule has 8 nitrogen and oxygen atoms in total. The number of hydrogen-bond acceptors (Lipinski definition) is 5. The molecular weight excluding hydrogens is 436 g/mol. The summed E-state index contributed by atoms with van der Waals surface area (Å²) in [7, 11) is 0. The number of hydrogen-bond donors (Lipinski definition) is 2. The zero-order valence-electron chi connectivity index (χ0n) is 19.8. The topological polar surface area (TPSA) is 107 Å². The predicted octanol–water partition coefficient (Wildman–Crippen LogP) is 2.38. The molecule has 3 aliphatic rings. The summed E-state index contributed by atoms with van der Waals surface area (Å²) < 4.78 is 6.29. The number of amides is 2. The second-order valence-electron chi connectivity index (χ2n) is 9.67. The number of carbonyl (C=O) groups is 3. The fourth-order valence-corrected chi connectivity index (χ4v) is 6.37. The number of benzene rings is 1. The fraction of sp³-hybridized carbons (Fsp3) is 0.577. The average molecular weight is 471 g/mol. The first-order valence-electron chi connectivity index (χ1n) is 12.1. The van der Waals surface area contributed by atoms with E-state index >= 15 is 0 Å². The third-order valence-corrected chi connectivity index (χ3v) is 7.80. The molecule has 0 aliphatic carbocycles. The molecule has 34 heavy (non-hydrogen) atoms. The molecule has 1 spiro atoms. The molecule has 0 aromatic heterocycles. The molecule has 3 saturated heterocycles. The maximum Gasteiger partial charge on any atom is 0.310 e. The van der Waals surface area contributed by atoms with Gasteiger partial charge in [0.05, 0.1) is 30.6 Å². The van der Waals surface area contributed by atoms with Gasteiger partial charge in [0.15, 0.2) is 0 Å². The normalized spacial score (nSPS) is 31.3. The highest BCUT2D eigenvalue weighted by molar-refractivity contribution is 5.98. The standard InChI is InChI=1S/C26H34N2O6/c1-4-9-16(3)27(14-5-2)24(31)22-26-13-12-19(34-26)20(25(32)33)21(26)23(30)28(22)18(15-29)17-10-7-6-8-11-17/h5-8,10-11,16,18-22,29H,2,4,9,12-15H2,1,3H3,(H,32,33)/t16?,18-,19-,20+,21+,22?,26?/m1/s1. The number of carboxylic acid groups (broad SMARTS) is 1. The van der Waals surface area contributed by atoms with Crippen molar-refractivity contribution in [1.29, 1.82) is 0 Å². The van der Waals surface area contributed by atoms with Crippen LogP contribution in [0.1, 0.15) is 51.1 Å². The highest BCUT2D eigenvalue weighted by Gasteiger charge is 2.75. The zero-order valence-corrected chi connectivity index (χ0v) is 19.8. The molecule has 2 amide bonds. The quantitative estimate of drug-likeness (QED) is 0.509. The minimum atomic E-state index is -1.21. The third-order valence-electron chi connectivity index (χ3n) is 7.80. The molecule has 2 bridgehead atoms. The van der Waals surface area contributed by atoms with Crippen molar-refractivity contribution in [3.05, 3.63) is 48.6 Å². The van der Waals surface area contributed by atoms with Crippen molar-refractivity contribution < 1.29 is 29.3 Å². The Hall–Kier alpha value is -2.71. The van der Waals surface area contributed by atoms with Crippen LogP contribution in [0.15, 0.2) is 43.0 Å². The van der Waals surface area contributed by atoms with Gasteiger partial charge in [-0.2, -0.15) is 0 Å². The fourth-order valence-electron chi connectivity index (χ4n) is 6.37. The molecular formula is C26H34N2O6. The molecule has 4 rings (SSSR count). The van der Waals surface area contributed by atoms with Gasteiger partial charge in [-0.1, -0.05) is 49.8 Å². The van der Waals surface area contributed by atoms with Crippen molar-refractivity contribution in [3.63, 3.8) is 0 Å². The summed E-state index contributed by atoms with van der Waals surface area (Å²) >= 11 is 0. The monoisotopic (exact) mass is 470 g/mol. The van der Waals surface area contributed by atoms with Crippen LogP contribution >= 0.6 is 0 Å². The minimum absolute atomic E-state index is 0.0962. The van der Waals surface area contributed by atoms with Crippen LogP contribution in [0.5, 0.6) is 0 Å². The summed E-state index contributed by atoms with van der Waals surface area (Å²) in [5, 5.41) is 20.4. The molecule has 3 unspecified atom stereocenters. The molecule has 2 N–H and O–H groups in total. The Balaban J connectivity index is 1.84. The summed E-state index contributed by atoms with van der Waals surface area (Å²) in [4.78, 5) is 43.5. The van der Waals surface area contributed by atoms with Crippen LogP contribution < -0.4 is 0 Å². The maximum absolute atomic E-state index is 14.2. The molecule has 0 saturated carbocycles. The lowest BCUT2D eigenvalue weighted by Crippen LogP contribution is -2.58. The lowest BCUT2D eigenvalue weighted by molar-refractivity contribution is -0.154. The van der Waals surface area contributed by atoms with Crippen molar-refractivity contribution in [3.8, 4) is 0 Å².